The number of benzene rings is 1. The third-order valence-electron chi connectivity index (χ3n) is 6.18. The van der Waals surface area contributed by atoms with Gasteiger partial charge in [0.15, 0.2) is 11.6 Å². The maximum Gasteiger partial charge on any atom is 0.257 e. The number of aromatic nitrogens is 2. The maximum atomic E-state index is 14.2. The van der Waals surface area contributed by atoms with Gasteiger partial charge in [-0.3, -0.25) is 14.8 Å². The zero-order valence-corrected chi connectivity index (χ0v) is 18.8. The Morgan fingerprint density at radius 1 is 1.12 bits per heavy atom. The van der Waals surface area contributed by atoms with E-state index in [1.54, 1.807) is 24.1 Å². The summed E-state index contributed by atoms with van der Waals surface area (Å²) in [5, 5.41) is 3.21. The van der Waals surface area contributed by atoms with Crippen LogP contribution in [0.3, 0.4) is 0 Å². The van der Waals surface area contributed by atoms with Crippen molar-refractivity contribution in [2.75, 3.05) is 37.5 Å². The van der Waals surface area contributed by atoms with Crippen LogP contribution in [0.2, 0.25) is 0 Å². The topological polar surface area (TPSA) is 70.6 Å². The highest BCUT2D eigenvalue weighted by molar-refractivity contribution is 6.03. The molecule has 0 saturated carbocycles. The molecule has 2 aliphatic rings. The van der Waals surface area contributed by atoms with Gasteiger partial charge in [-0.1, -0.05) is 6.07 Å². The lowest BCUT2D eigenvalue weighted by atomic mass is 10.1. The number of nitrogens with zero attached hydrogens (tertiary/aromatic N) is 4. The Morgan fingerprint density at radius 3 is 2.67 bits per heavy atom. The predicted octanol–water partition coefficient (Wildman–Crippen LogP) is 4.14. The molecule has 2 aromatic heterocycles. The molecule has 5 rings (SSSR count). The molecule has 1 N–H and O–H groups in total. The van der Waals surface area contributed by atoms with Gasteiger partial charge in [-0.15, -0.1) is 0 Å². The number of carbonyl (C=O) groups is 1. The van der Waals surface area contributed by atoms with Crippen molar-refractivity contribution in [3.63, 3.8) is 0 Å². The summed E-state index contributed by atoms with van der Waals surface area (Å²) in [7, 11) is 3.16. The molecule has 2 aliphatic heterocycles. The second-order valence-corrected chi connectivity index (χ2v) is 8.47. The predicted molar refractivity (Wildman–Crippen MR) is 125 cm³/mol. The quantitative estimate of drug-likeness (QED) is 0.612. The van der Waals surface area contributed by atoms with Crippen LogP contribution >= 0.6 is 0 Å². The Bertz CT molecular complexity index is 1190. The lowest BCUT2D eigenvalue weighted by Gasteiger charge is -2.17. The minimum absolute atomic E-state index is 0.0996. The number of carbonyl (C=O) groups excluding carboxylic acids is 1. The fourth-order valence-electron chi connectivity index (χ4n) is 4.51. The van der Waals surface area contributed by atoms with Crippen LogP contribution in [0.5, 0.6) is 5.75 Å². The van der Waals surface area contributed by atoms with E-state index in [4.69, 9.17) is 9.72 Å². The van der Waals surface area contributed by atoms with Crippen molar-refractivity contribution in [2.24, 2.45) is 0 Å². The summed E-state index contributed by atoms with van der Waals surface area (Å²) in [5.41, 5.74) is 5.07. The van der Waals surface area contributed by atoms with E-state index < -0.39 is 5.82 Å². The van der Waals surface area contributed by atoms with Crippen LogP contribution in [-0.4, -0.2) is 48.0 Å². The van der Waals surface area contributed by atoms with Gasteiger partial charge in [-0.2, -0.15) is 0 Å². The van der Waals surface area contributed by atoms with Gasteiger partial charge in [0, 0.05) is 37.9 Å². The van der Waals surface area contributed by atoms with Gasteiger partial charge in [0.2, 0.25) is 0 Å². The number of ether oxygens (including phenoxy) is 1. The van der Waals surface area contributed by atoms with E-state index in [9.17, 15) is 9.18 Å². The van der Waals surface area contributed by atoms with Crippen molar-refractivity contribution in [2.45, 2.75) is 25.8 Å². The lowest BCUT2D eigenvalue weighted by Crippen LogP contribution is -2.18. The molecule has 0 spiro atoms. The van der Waals surface area contributed by atoms with E-state index in [0.717, 1.165) is 30.2 Å². The first-order valence-corrected chi connectivity index (χ1v) is 11.1. The fraction of sp³-hybridized carbons (Fsp3) is 0.320. The highest BCUT2D eigenvalue weighted by atomic mass is 19.1. The van der Waals surface area contributed by atoms with Crippen molar-refractivity contribution < 1.29 is 13.9 Å². The lowest BCUT2D eigenvalue weighted by molar-refractivity contribution is 0.0817. The number of para-hydroxylation sites is 1. The van der Waals surface area contributed by atoms with Crippen LogP contribution < -0.4 is 15.0 Å². The van der Waals surface area contributed by atoms with Crippen molar-refractivity contribution in [3.8, 4) is 5.75 Å². The zero-order chi connectivity index (χ0) is 22.9. The molecule has 0 radical (unpaired) electrons. The first kappa shape index (κ1) is 21.2. The Morgan fingerprint density at radius 2 is 1.94 bits per heavy atom. The molecule has 0 aliphatic carbocycles. The number of nitrogens with one attached hydrogen (secondary N) is 1. The molecule has 7 nitrogen and oxygen atoms in total. The maximum absolute atomic E-state index is 14.2. The molecule has 3 aromatic rings. The molecule has 1 aromatic carbocycles. The van der Waals surface area contributed by atoms with E-state index in [0.29, 0.717) is 35.6 Å². The summed E-state index contributed by atoms with van der Waals surface area (Å²) >= 11 is 0. The Balaban J connectivity index is 1.46. The number of fused-ring (bicyclic) bond motifs is 1. The summed E-state index contributed by atoms with van der Waals surface area (Å²) < 4.78 is 19.4. The van der Waals surface area contributed by atoms with Crippen LogP contribution in [0, 0.1) is 5.82 Å². The molecule has 170 valence electrons. The standard InChI is InChI=1S/C25H26FN5O2/c1-30-15-22-23(25(30)32)21(29-20-7-5-6-19(26)24(20)33-2)13-17(28-22)12-16-8-9-18(14-27-16)31-10-3-4-11-31/h5-9,13-14H,3-4,10-12,15H2,1-2H3,(H,28,29). The molecular weight excluding hydrogens is 421 g/mol. The van der Waals surface area contributed by atoms with Crippen molar-refractivity contribution in [1.29, 1.82) is 0 Å². The summed E-state index contributed by atoms with van der Waals surface area (Å²) in [4.78, 5) is 26.2. The third kappa shape index (κ3) is 4.08. The monoisotopic (exact) mass is 447 g/mol. The van der Waals surface area contributed by atoms with E-state index in [1.165, 1.54) is 26.0 Å². The van der Waals surface area contributed by atoms with Crippen molar-refractivity contribution in [3.05, 3.63) is 71.1 Å². The van der Waals surface area contributed by atoms with E-state index in [-0.39, 0.29) is 11.7 Å². The molecule has 0 atom stereocenters. The number of hydrogen-bond acceptors (Lipinski definition) is 6. The molecule has 1 amide bonds. The normalized spacial score (nSPS) is 15.2. The molecule has 4 heterocycles. The van der Waals surface area contributed by atoms with Crippen LogP contribution in [0.25, 0.3) is 0 Å². The molecule has 1 saturated heterocycles. The van der Waals surface area contributed by atoms with E-state index in [2.05, 4.69) is 21.3 Å². The van der Waals surface area contributed by atoms with Gasteiger partial charge < -0.3 is 19.9 Å². The number of hydrogen-bond donors (Lipinski definition) is 1. The first-order chi connectivity index (χ1) is 16.0. The van der Waals surface area contributed by atoms with Gasteiger partial charge in [-0.05, 0) is 43.2 Å². The zero-order valence-electron chi connectivity index (χ0n) is 18.8. The van der Waals surface area contributed by atoms with Crippen LogP contribution in [0.1, 0.15) is 40.3 Å². The summed E-state index contributed by atoms with van der Waals surface area (Å²) in [6.45, 7) is 2.58. The summed E-state index contributed by atoms with van der Waals surface area (Å²) in [5.74, 6) is -0.489. The minimum atomic E-state index is -0.473. The van der Waals surface area contributed by atoms with Gasteiger partial charge >= 0.3 is 0 Å². The molecular formula is C25H26FN5O2. The SMILES string of the molecule is COc1c(F)cccc1Nc1cc(Cc2ccc(N3CCCC3)cn2)nc2c1C(=O)N(C)C2. The number of methoxy groups -OCH3 is 1. The highest BCUT2D eigenvalue weighted by Crippen LogP contribution is 2.35. The van der Waals surface area contributed by atoms with Gasteiger partial charge in [-0.25, -0.2) is 4.39 Å². The number of amides is 1. The third-order valence-corrected chi connectivity index (χ3v) is 6.18. The Hall–Kier alpha value is -3.68. The average Bonchev–Trinajstić information content (AvgIpc) is 3.43. The first-order valence-electron chi connectivity index (χ1n) is 11.1. The number of halogens is 1. The van der Waals surface area contributed by atoms with Crippen molar-refractivity contribution >= 4 is 23.0 Å². The largest absolute Gasteiger partial charge is 0.492 e. The van der Waals surface area contributed by atoms with Crippen LogP contribution in [-0.2, 0) is 13.0 Å². The number of rotatable bonds is 6. The smallest absolute Gasteiger partial charge is 0.257 e. The number of anilines is 3. The second kappa shape index (κ2) is 8.69. The summed E-state index contributed by atoms with van der Waals surface area (Å²) in [6, 6.07) is 10.6. The van der Waals surface area contributed by atoms with Gasteiger partial charge in [0.25, 0.3) is 5.91 Å². The number of pyridine rings is 2. The molecule has 0 unspecified atom stereocenters. The molecule has 33 heavy (non-hydrogen) atoms. The Labute approximate surface area is 192 Å². The average molecular weight is 448 g/mol. The summed E-state index contributed by atoms with van der Waals surface area (Å²) in [6.07, 6.45) is 4.89. The molecule has 0 bridgehead atoms. The van der Waals surface area contributed by atoms with Crippen LogP contribution in [0.4, 0.5) is 21.5 Å². The minimum Gasteiger partial charge on any atom is -0.492 e. The highest BCUT2D eigenvalue weighted by Gasteiger charge is 2.30. The molecule has 8 heteroatoms. The van der Waals surface area contributed by atoms with Crippen molar-refractivity contribution in [1.82, 2.24) is 14.9 Å². The second-order valence-electron chi connectivity index (χ2n) is 8.47. The van der Waals surface area contributed by atoms with Gasteiger partial charge in [0.05, 0.1) is 48.2 Å². The molecule has 1 fully saturated rings. The van der Waals surface area contributed by atoms with Crippen LogP contribution in [0.15, 0.2) is 42.6 Å². The van der Waals surface area contributed by atoms with Gasteiger partial charge in [0.1, 0.15) is 0 Å². The Kier molecular flexibility index (Phi) is 5.58. The van der Waals surface area contributed by atoms with E-state index in [1.807, 2.05) is 18.3 Å². The van der Waals surface area contributed by atoms with E-state index >= 15 is 0 Å². The fourth-order valence-corrected chi connectivity index (χ4v) is 4.51.